The monoisotopic (exact) mass is 1030 g/mol. The number of nitrogens with one attached hydrogen (secondary N) is 7. The van der Waals surface area contributed by atoms with Gasteiger partial charge in [-0.05, 0) is 68.1 Å². The highest BCUT2D eigenvalue weighted by atomic mass is 33.1. The van der Waals surface area contributed by atoms with Crippen LogP contribution in [0.5, 0.6) is 5.75 Å². The minimum Gasteiger partial charge on any atom is -0.508 e. The molecular weight excluding hydrogens is 965 g/mol. The van der Waals surface area contributed by atoms with Gasteiger partial charge in [0.2, 0.25) is 65.0 Å². The number of carbonyl (C=O) groups excluding carboxylic acids is 11. The Morgan fingerprint density at radius 1 is 0.761 bits per heavy atom. The molecule has 2 fully saturated rings. The Morgan fingerprint density at radius 3 is 1.97 bits per heavy atom. The summed E-state index contributed by atoms with van der Waals surface area (Å²) in [6, 6.07) is -4.62. The third-order valence-electron chi connectivity index (χ3n) is 11.8. The van der Waals surface area contributed by atoms with E-state index in [1.807, 2.05) is 13.8 Å². The van der Waals surface area contributed by atoms with Gasteiger partial charge in [-0.25, -0.2) is 0 Å². The van der Waals surface area contributed by atoms with Crippen molar-refractivity contribution in [1.82, 2.24) is 42.1 Å². The fraction of sp³-hybridized carbons (Fsp3) is 0.622. The van der Waals surface area contributed by atoms with E-state index >= 15 is 0 Å². The Morgan fingerprint density at radius 2 is 1.37 bits per heavy atom. The van der Waals surface area contributed by atoms with Gasteiger partial charge in [-0.1, -0.05) is 67.8 Å². The number of hydrogen-bond acceptors (Lipinski definition) is 15. The molecule has 394 valence electrons. The SMILES string of the molecule is CC[C@H](C)[C@@H]1NC(=O)[C@H](Cc2ccc(O)cc2)NC(=O)[C@@H](N)CCSSCC[C@@H](C(=O)N2CCC[C@H]2C(=O)N[C@@H](CC(C)C)C(=O)NCC(N)=O)NC(=O)[C@H](CC(N)=O)NC(=O)[C@H](CCC(N)=O)NC1=O. The van der Waals surface area contributed by atoms with Gasteiger partial charge in [0.25, 0.3) is 0 Å². The highest BCUT2D eigenvalue weighted by Crippen LogP contribution is 2.26. The largest absolute Gasteiger partial charge is 0.508 e. The van der Waals surface area contributed by atoms with Crippen LogP contribution in [0.3, 0.4) is 0 Å². The third kappa shape index (κ3) is 19.9. The van der Waals surface area contributed by atoms with Crippen LogP contribution in [0.1, 0.15) is 91.0 Å². The Labute approximate surface area is 420 Å². The number of aromatic hydroxyl groups is 1. The Kier molecular flexibility index (Phi) is 24.4. The third-order valence-corrected chi connectivity index (χ3v) is 14.3. The van der Waals surface area contributed by atoms with Crippen LogP contribution in [-0.2, 0) is 59.2 Å². The second-order valence-electron chi connectivity index (χ2n) is 18.1. The first-order valence-corrected chi connectivity index (χ1v) is 26.0. The van der Waals surface area contributed by atoms with Crippen molar-refractivity contribution >= 4 is 86.6 Å². The van der Waals surface area contributed by atoms with Crippen LogP contribution in [0.2, 0.25) is 0 Å². The highest BCUT2D eigenvalue weighted by molar-refractivity contribution is 8.76. The number of nitrogens with two attached hydrogens (primary N) is 4. The molecule has 1 aromatic carbocycles. The second kappa shape index (κ2) is 29.3. The molecule has 0 aliphatic carbocycles. The topological polar surface area (TPSA) is 400 Å². The molecule has 16 N–H and O–H groups in total. The summed E-state index contributed by atoms with van der Waals surface area (Å²) in [6.45, 7) is 6.69. The lowest BCUT2D eigenvalue weighted by Gasteiger charge is -2.31. The van der Waals surface area contributed by atoms with Crippen molar-refractivity contribution in [2.24, 2.45) is 34.8 Å². The first kappa shape index (κ1) is 59.2. The molecule has 2 aliphatic rings. The van der Waals surface area contributed by atoms with Crippen molar-refractivity contribution in [1.29, 1.82) is 0 Å². The van der Waals surface area contributed by atoms with Gasteiger partial charge >= 0.3 is 0 Å². The fourth-order valence-electron chi connectivity index (χ4n) is 7.70. The quantitative estimate of drug-likeness (QED) is 0.0700. The first-order chi connectivity index (χ1) is 33.5. The van der Waals surface area contributed by atoms with Gasteiger partial charge in [-0.15, -0.1) is 0 Å². The Hall–Kier alpha value is -6.15. The number of amides is 11. The predicted molar refractivity (Wildman–Crippen MR) is 264 cm³/mol. The standard InChI is InChI=1S/C45H70N12O12S2/c1-5-24(4)37-44(68)51-28(12-13-34(47)59)40(64)54-32(21-35(48)60)41(65)52-29(45(69)57-16-6-7-33(57)43(67)55-30(19-23(2)3)39(63)50-22-36(49)61)15-18-71-70-17-14-27(46)38(62)53-31(42(66)56-37)20-25-8-10-26(58)11-9-25/h8-11,23-24,27-33,37,58H,5-7,12-22,46H2,1-4H3,(H2,47,59)(H2,48,60)(H2,49,61)(H,50,63)(H,51,68)(H,52,65)(H,53,62)(H,54,64)(H,55,67)(H,56,66)/t24-,27-,28-,29-,30-,31-,32-,33-,37-/m0/s1. The molecule has 71 heavy (non-hydrogen) atoms. The predicted octanol–water partition coefficient (Wildman–Crippen LogP) is -2.83. The molecule has 0 saturated carbocycles. The molecule has 1 aromatic rings. The lowest BCUT2D eigenvalue weighted by Crippen LogP contribution is -2.61. The summed E-state index contributed by atoms with van der Waals surface area (Å²) in [5.74, 6) is -9.23. The number of phenolic OH excluding ortho intramolecular Hbond substituents is 1. The number of phenols is 1. The minimum atomic E-state index is -1.73. The number of rotatable bonds is 17. The fourth-order valence-corrected chi connectivity index (χ4v) is 9.90. The van der Waals surface area contributed by atoms with Crippen molar-refractivity contribution in [3.63, 3.8) is 0 Å². The summed E-state index contributed by atoms with van der Waals surface area (Å²) in [7, 11) is 2.58. The second-order valence-corrected chi connectivity index (χ2v) is 20.8. The molecule has 0 radical (unpaired) electrons. The summed E-state index contributed by atoms with van der Waals surface area (Å²) in [5.41, 5.74) is 23.0. The molecule has 9 atom stereocenters. The molecule has 0 unspecified atom stereocenters. The van der Waals surface area contributed by atoms with Gasteiger partial charge in [0, 0.05) is 30.9 Å². The maximum atomic E-state index is 14.5. The van der Waals surface area contributed by atoms with Gasteiger partial charge in [-0.2, -0.15) is 0 Å². The Balaban J connectivity index is 2.02. The summed E-state index contributed by atoms with van der Waals surface area (Å²) in [6.07, 6.45) is -0.481. The molecule has 3 rings (SSSR count). The van der Waals surface area contributed by atoms with Crippen LogP contribution >= 0.6 is 21.6 Å². The first-order valence-electron chi connectivity index (χ1n) is 23.5. The van der Waals surface area contributed by atoms with E-state index in [2.05, 4.69) is 37.2 Å². The molecule has 0 spiro atoms. The lowest BCUT2D eigenvalue weighted by molar-refractivity contribution is -0.142. The smallest absolute Gasteiger partial charge is 0.245 e. The minimum absolute atomic E-state index is 0.0331. The van der Waals surface area contributed by atoms with Gasteiger partial charge in [0.05, 0.1) is 19.0 Å². The summed E-state index contributed by atoms with van der Waals surface area (Å²) < 4.78 is 0. The summed E-state index contributed by atoms with van der Waals surface area (Å²) in [4.78, 5) is 148. The van der Waals surface area contributed by atoms with E-state index in [4.69, 9.17) is 22.9 Å². The molecule has 26 heteroatoms. The number of nitrogens with zero attached hydrogens (tertiary/aromatic N) is 1. The molecule has 24 nitrogen and oxygen atoms in total. The normalized spacial score (nSPS) is 24.3. The van der Waals surface area contributed by atoms with Gasteiger partial charge in [-0.3, -0.25) is 52.7 Å². The lowest BCUT2D eigenvalue weighted by atomic mass is 9.96. The van der Waals surface area contributed by atoms with Crippen LogP contribution in [0.4, 0.5) is 0 Å². The molecule has 0 bridgehead atoms. The van der Waals surface area contributed by atoms with Crippen LogP contribution in [0.15, 0.2) is 24.3 Å². The van der Waals surface area contributed by atoms with E-state index in [9.17, 15) is 57.8 Å². The average Bonchev–Trinajstić information content (AvgIpc) is 3.81. The van der Waals surface area contributed by atoms with E-state index < -0.39 is 145 Å². The van der Waals surface area contributed by atoms with Crippen LogP contribution < -0.4 is 60.2 Å². The van der Waals surface area contributed by atoms with Crippen LogP contribution in [0.25, 0.3) is 0 Å². The molecule has 2 aliphatic heterocycles. The zero-order valence-corrected chi connectivity index (χ0v) is 42.1. The maximum Gasteiger partial charge on any atom is 0.245 e. The average molecular weight is 1040 g/mol. The van der Waals surface area contributed by atoms with Crippen molar-refractivity contribution in [3.8, 4) is 5.75 Å². The van der Waals surface area contributed by atoms with Gasteiger partial charge in [0.1, 0.15) is 48.0 Å². The van der Waals surface area contributed by atoms with E-state index in [0.717, 1.165) is 0 Å². The molecule has 2 heterocycles. The van der Waals surface area contributed by atoms with Gasteiger partial charge < -0.3 is 70.2 Å². The van der Waals surface area contributed by atoms with E-state index in [-0.39, 0.29) is 56.1 Å². The van der Waals surface area contributed by atoms with E-state index in [1.165, 1.54) is 38.6 Å². The van der Waals surface area contributed by atoms with Crippen molar-refractivity contribution in [3.05, 3.63) is 29.8 Å². The van der Waals surface area contributed by atoms with Crippen molar-refractivity contribution in [2.75, 3.05) is 24.6 Å². The zero-order valence-electron chi connectivity index (χ0n) is 40.5. The molecular formula is C45H70N12O12S2. The number of carbonyl (C=O) groups is 11. The molecule has 11 amide bonds. The Bertz CT molecular complexity index is 2080. The highest BCUT2D eigenvalue weighted by Gasteiger charge is 2.40. The van der Waals surface area contributed by atoms with Crippen LogP contribution in [-0.4, -0.2) is 148 Å². The van der Waals surface area contributed by atoms with Crippen molar-refractivity contribution < 1.29 is 57.8 Å². The number of hydrogen-bond donors (Lipinski definition) is 12. The zero-order chi connectivity index (χ0) is 52.9. The summed E-state index contributed by atoms with van der Waals surface area (Å²) in [5, 5.41) is 27.9. The number of primary amides is 3. The maximum absolute atomic E-state index is 14.5. The molecule has 2 saturated heterocycles. The van der Waals surface area contributed by atoms with Crippen molar-refractivity contribution in [2.45, 2.75) is 140 Å². The number of benzene rings is 1. The van der Waals surface area contributed by atoms with Gasteiger partial charge in [0.15, 0.2) is 0 Å². The summed E-state index contributed by atoms with van der Waals surface area (Å²) >= 11 is 0. The number of likely N-dealkylation sites (tertiary alicyclic amines) is 1. The molecule has 0 aromatic heterocycles. The van der Waals surface area contributed by atoms with E-state index in [0.29, 0.717) is 24.2 Å². The van der Waals surface area contributed by atoms with Crippen LogP contribution in [0, 0.1) is 11.8 Å². The van der Waals surface area contributed by atoms with E-state index in [1.54, 1.807) is 26.0 Å².